The minimum atomic E-state index is 0.209. The maximum atomic E-state index is 8.84. The van der Waals surface area contributed by atoms with Gasteiger partial charge in [0.1, 0.15) is 27.9 Å². The molecule has 5 nitrogen and oxygen atoms in total. The zero-order chi connectivity index (χ0) is 11.3. The van der Waals surface area contributed by atoms with E-state index in [0.717, 1.165) is 0 Å². The van der Waals surface area contributed by atoms with Gasteiger partial charge in [0.2, 0.25) is 0 Å². The molecule has 0 spiro atoms. The Morgan fingerprint density at radius 1 is 1.47 bits per heavy atom. The fraction of sp³-hybridized carbons (Fsp3) is 0.222. The molecule has 0 saturated carbocycles. The summed E-state index contributed by atoms with van der Waals surface area (Å²) in [5, 5.41) is 17.6. The second kappa shape index (κ2) is 5.18. The van der Waals surface area contributed by atoms with Crippen LogP contribution in [0, 0.1) is 22.7 Å². The number of aliphatic imine (C=N–C) groups is 1. The molecule has 76 valence electrons. The standard InChI is InChI=1S/C9H7BrN4O/c1-2-15-5-13-9-7(4-12)6(3-11)8(10)14-9/h5,14H,2H2,1H3/b13-5-. The second-order valence-corrected chi connectivity index (χ2v) is 3.24. The summed E-state index contributed by atoms with van der Waals surface area (Å²) >= 11 is 3.13. The molecular weight excluding hydrogens is 260 g/mol. The predicted molar refractivity (Wildman–Crippen MR) is 57.7 cm³/mol. The number of aromatic amines is 1. The Morgan fingerprint density at radius 3 is 2.67 bits per heavy atom. The molecule has 0 aliphatic carbocycles. The Morgan fingerprint density at radius 2 is 2.13 bits per heavy atom. The minimum absolute atomic E-state index is 0.209. The van der Waals surface area contributed by atoms with Crippen LogP contribution in [0.4, 0.5) is 5.82 Å². The molecule has 0 aliphatic rings. The first-order valence-electron chi connectivity index (χ1n) is 4.10. The molecule has 15 heavy (non-hydrogen) atoms. The molecule has 1 rings (SSSR count). The van der Waals surface area contributed by atoms with Crippen LogP contribution in [0.25, 0.3) is 0 Å². The van der Waals surface area contributed by atoms with E-state index in [1.807, 2.05) is 19.1 Å². The van der Waals surface area contributed by atoms with Crippen LogP contribution < -0.4 is 0 Å². The van der Waals surface area contributed by atoms with Gasteiger partial charge in [0.05, 0.1) is 6.61 Å². The number of nitrogens with one attached hydrogen (secondary N) is 1. The summed E-state index contributed by atoms with van der Waals surface area (Å²) in [5.74, 6) is 0.314. The molecule has 0 fully saturated rings. The lowest BCUT2D eigenvalue weighted by Crippen LogP contribution is -1.84. The Kier molecular flexibility index (Phi) is 3.90. The van der Waals surface area contributed by atoms with Crippen LogP contribution in [0.3, 0.4) is 0 Å². The van der Waals surface area contributed by atoms with E-state index in [1.54, 1.807) is 0 Å². The molecule has 1 heterocycles. The smallest absolute Gasteiger partial charge is 0.176 e. The van der Waals surface area contributed by atoms with Gasteiger partial charge in [-0.05, 0) is 22.9 Å². The molecule has 1 N–H and O–H groups in total. The van der Waals surface area contributed by atoms with E-state index in [1.165, 1.54) is 6.40 Å². The third-order valence-electron chi connectivity index (χ3n) is 1.58. The van der Waals surface area contributed by atoms with Crippen molar-refractivity contribution in [3.8, 4) is 12.1 Å². The number of nitrogens with zero attached hydrogens (tertiary/aromatic N) is 3. The Labute approximate surface area is 95.1 Å². The SMILES string of the molecule is CCO/C=N\c1[nH]c(Br)c(C#N)c1C#N. The Bertz CT molecular complexity index is 464. The average Bonchev–Trinajstić information content (AvgIpc) is 2.54. The van der Waals surface area contributed by atoms with Gasteiger partial charge in [-0.25, -0.2) is 4.99 Å². The van der Waals surface area contributed by atoms with E-state index >= 15 is 0 Å². The number of H-pyrrole nitrogens is 1. The number of rotatable bonds is 3. The van der Waals surface area contributed by atoms with E-state index < -0.39 is 0 Å². The molecule has 0 amide bonds. The Balaban J connectivity index is 3.11. The number of nitriles is 2. The van der Waals surface area contributed by atoms with Gasteiger partial charge in [-0.3, -0.25) is 0 Å². The number of aromatic nitrogens is 1. The molecule has 0 unspecified atom stereocenters. The predicted octanol–water partition coefficient (Wildman–Crippen LogP) is 2.22. The van der Waals surface area contributed by atoms with Crippen molar-refractivity contribution in [1.82, 2.24) is 4.98 Å². The molecule has 0 aliphatic heterocycles. The number of hydrogen-bond acceptors (Lipinski definition) is 4. The highest BCUT2D eigenvalue weighted by atomic mass is 79.9. The average molecular weight is 267 g/mol. The lowest BCUT2D eigenvalue weighted by molar-refractivity contribution is 0.344. The highest BCUT2D eigenvalue weighted by Gasteiger charge is 2.14. The highest BCUT2D eigenvalue weighted by molar-refractivity contribution is 9.10. The van der Waals surface area contributed by atoms with Gasteiger partial charge >= 0.3 is 0 Å². The van der Waals surface area contributed by atoms with Crippen molar-refractivity contribution in [3.05, 3.63) is 15.7 Å². The van der Waals surface area contributed by atoms with Gasteiger partial charge < -0.3 is 9.72 Å². The van der Waals surface area contributed by atoms with E-state index in [4.69, 9.17) is 15.3 Å². The van der Waals surface area contributed by atoms with Crippen molar-refractivity contribution in [2.45, 2.75) is 6.92 Å². The number of halogens is 1. The third kappa shape index (κ3) is 2.36. The van der Waals surface area contributed by atoms with Gasteiger partial charge in [-0.2, -0.15) is 10.5 Å². The molecule has 6 heteroatoms. The van der Waals surface area contributed by atoms with Crippen molar-refractivity contribution in [2.24, 2.45) is 4.99 Å². The van der Waals surface area contributed by atoms with E-state index in [-0.39, 0.29) is 11.1 Å². The monoisotopic (exact) mass is 266 g/mol. The summed E-state index contributed by atoms with van der Waals surface area (Å²) in [6.45, 7) is 2.32. The van der Waals surface area contributed by atoms with Crippen LogP contribution in [0.15, 0.2) is 9.60 Å². The summed E-state index contributed by atoms with van der Waals surface area (Å²) in [4.78, 5) is 6.66. The van der Waals surface area contributed by atoms with Gasteiger partial charge in [-0.1, -0.05) is 0 Å². The van der Waals surface area contributed by atoms with Crippen LogP contribution in [-0.4, -0.2) is 18.0 Å². The van der Waals surface area contributed by atoms with Crippen molar-refractivity contribution in [3.63, 3.8) is 0 Å². The number of ether oxygens (including phenoxy) is 1. The number of hydrogen-bond donors (Lipinski definition) is 1. The van der Waals surface area contributed by atoms with Crippen molar-refractivity contribution < 1.29 is 4.74 Å². The van der Waals surface area contributed by atoms with E-state index in [0.29, 0.717) is 17.0 Å². The topological polar surface area (TPSA) is 85.0 Å². The van der Waals surface area contributed by atoms with Gasteiger partial charge in [0.15, 0.2) is 12.2 Å². The third-order valence-corrected chi connectivity index (χ3v) is 2.18. The van der Waals surface area contributed by atoms with Crippen molar-refractivity contribution in [2.75, 3.05) is 6.61 Å². The molecule has 0 radical (unpaired) electrons. The van der Waals surface area contributed by atoms with Crippen LogP contribution in [0.5, 0.6) is 0 Å². The van der Waals surface area contributed by atoms with E-state index in [9.17, 15) is 0 Å². The first-order valence-corrected chi connectivity index (χ1v) is 4.89. The lowest BCUT2D eigenvalue weighted by Gasteiger charge is -1.91. The summed E-state index contributed by atoms with van der Waals surface area (Å²) in [6.07, 6.45) is 1.24. The zero-order valence-electron chi connectivity index (χ0n) is 7.91. The zero-order valence-corrected chi connectivity index (χ0v) is 9.50. The fourth-order valence-corrected chi connectivity index (χ4v) is 1.41. The van der Waals surface area contributed by atoms with Crippen LogP contribution in [-0.2, 0) is 4.74 Å². The van der Waals surface area contributed by atoms with Gasteiger partial charge in [0, 0.05) is 0 Å². The van der Waals surface area contributed by atoms with Crippen LogP contribution in [0.2, 0.25) is 0 Å². The van der Waals surface area contributed by atoms with Gasteiger partial charge in [-0.15, -0.1) is 0 Å². The van der Waals surface area contributed by atoms with Gasteiger partial charge in [0.25, 0.3) is 0 Å². The maximum absolute atomic E-state index is 8.84. The largest absolute Gasteiger partial charge is 0.483 e. The summed E-state index contributed by atoms with van der Waals surface area (Å²) < 4.78 is 5.35. The molecule has 0 saturated heterocycles. The normalized spacial score (nSPS) is 9.87. The summed E-state index contributed by atoms with van der Waals surface area (Å²) in [5.41, 5.74) is 0.460. The van der Waals surface area contributed by atoms with Crippen molar-refractivity contribution in [1.29, 1.82) is 10.5 Å². The van der Waals surface area contributed by atoms with E-state index in [2.05, 4.69) is 25.9 Å². The van der Waals surface area contributed by atoms with Crippen molar-refractivity contribution >= 4 is 28.1 Å². The Hall–Kier alpha value is -1.79. The highest BCUT2D eigenvalue weighted by Crippen LogP contribution is 2.27. The second-order valence-electron chi connectivity index (χ2n) is 2.45. The molecule has 0 atom stereocenters. The lowest BCUT2D eigenvalue weighted by atomic mass is 10.2. The molecule has 1 aromatic rings. The molecular formula is C9H7BrN4O. The fourth-order valence-electron chi connectivity index (χ4n) is 0.932. The molecule has 1 aromatic heterocycles. The minimum Gasteiger partial charge on any atom is -0.483 e. The first kappa shape index (κ1) is 11.3. The quantitative estimate of drug-likeness (QED) is 0.673. The van der Waals surface area contributed by atoms with Crippen LogP contribution >= 0.6 is 15.9 Å². The van der Waals surface area contributed by atoms with Crippen LogP contribution in [0.1, 0.15) is 18.1 Å². The summed E-state index contributed by atoms with van der Waals surface area (Å²) in [6, 6.07) is 3.82. The maximum Gasteiger partial charge on any atom is 0.176 e. The molecule has 0 bridgehead atoms. The summed E-state index contributed by atoms with van der Waals surface area (Å²) in [7, 11) is 0. The molecule has 0 aromatic carbocycles. The first-order chi connectivity index (χ1) is 7.24.